The highest BCUT2D eigenvalue weighted by atomic mass is 32.2. The molecule has 0 bridgehead atoms. The fourth-order valence-corrected chi connectivity index (χ4v) is 2.89. The molecular formula is C12H18N2O3S2. The Hall–Kier alpha value is -1.08. The Morgan fingerprint density at radius 3 is 2.84 bits per heavy atom. The number of rotatable bonds is 7. The number of amides is 1. The average molecular weight is 302 g/mol. The molecule has 0 spiro atoms. The molecule has 1 aromatic rings. The largest absolute Gasteiger partial charge is 0.468 e. The zero-order valence-electron chi connectivity index (χ0n) is 11.3. The van der Waals surface area contributed by atoms with E-state index < -0.39 is 5.97 Å². The number of esters is 1. The standard InChI is InChI=1S/C12H18N2O3S2/c1-9-13-10(8-19-9)7-18-5-4-11(15)14(2)6-12(16)17-3/h8H,4-7H2,1-3H3. The van der Waals surface area contributed by atoms with Crippen molar-refractivity contribution < 1.29 is 14.3 Å². The minimum Gasteiger partial charge on any atom is -0.468 e. The number of likely N-dealkylation sites (N-methyl/N-ethyl adjacent to an activating group) is 1. The second-order valence-electron chi connectivity index (χ2n) is 3.99. The molecule has 0 atom stereocenters. The maximum atomic E-state index is 11.7. The van der Waals surface area contributed by atoms with Crippen LogP contribution in [0.15, 0.2) is 5.38 Å². The van der Waals surface area contributed by atoms with Crippen LogP contribution in [0.1, 0.15) is 17.1 Å². The van der Waals surface area contributed by atoms with Gasteiger partial charge in [0.15, 0.2) is 0 Å². The molecule has 0 fully saturated rings. The summed E-state index contributed by atoms with van der Waals surface area (Å²) in [5, 5.41) is 3.09. The molecule has 1 aromatic heterocycles. The van der Waals surface area contributed by atoms with Crippen LogP contribution in [0.5, 0.6) is 0 Å². The van der Waals surface area contributed by atoms with Crippen molar-refractivity contribution in [2.75, 3.05) is 26.5 Å². The predicted molar refractivity (Wildman–Crippen MR) is 77.3 cm³/mol. The van der Waals surface area contributed by atoms with E-state index >= 15 is 0 Å². The van der Waals surface area contributed by atoms with Crippen LogP contribution < -0.4 is 0 Å². The van der Waals surface area contributed by atoms with Gasteiger partial charge in [-0.05, 0) is 6.92 Å². The zero-order chi connectivity index (χ0) is 14.3. The molecule has 0 aliphatic rings. The molecule has 0 aliphatic carbocycles. The van der Waals surface area contributed by atoms with Crippen LogP contribution in [0.4, 0.5) is 0 Å². The summed E-state index contributed by atoms with van der Waals surface area (Å²) in [6.45, 7) is 1.98. The first kappa shape index (κ1) is 16.0. The number of thioether (sulfide) groups is 1. The van der Waals surface area contributed by atoms with Gasteiger partial charge in [-0.1, -0.05) is 0 Å². The highest BCUT2D eigenvalue weighted by molar-refractivity contribution is 7.98. The molecule has 0 aromatic carbocycles. The van der Waals surface area contributed by atoms with E-state index in [2.05, 4.69) is 9.72 Å². The third kappa shape index (κ3) is 6.07. The maximum absolute atomic E-state index is 11.7. The molecule has 0 aliphatic heterocycles. The minimum absolute atomic E-state index is 0.00524. The van der Waals surface area contributed by atoms with Gasteiger partial charge in [0.25, 0.3) is 0 Å². The Balaban J connectivity index is 2.18. The second-order valence-corrected chi connectivity index (χ2v) is 6.15. The Morgan fingerprint density at radius 2 is 2.26 bits per heavy atom. The lowest BCUT2D eigenvalue weighted by atomic mass is 10.4. The van der Waals surface area contributed by atoms with E-state index in [1.807, 2.05) is 12.3 Å². The van der Waals surface area contributed by atoms with Crippen LogP contribution in [0.25, 0.3) is 0 Å². The number of aromatic nitrogens is 1. The molecule has 19 heavy (non-hydrogen) atoms. The second kappa shape index (κ2) is 8.16. The highest BCUT2D eigenvalue weighted by Crippen LogP contribution is 2.15. The Labute approximate surface area is 121 Å². The Bertz CT molecular complexity index is 434. The van der Waals surface area contributed by atoms with Crippen LogP contribution in [0.2, 0.25) is 0 Å². The van der Waals surface area contributed by atoms with Crippen molar-refractivity contribution in [2.45, 2.75) is 19.1 Å². The minimum atomic E-state index is -0.401. The summed E-state index contributed by atoms with van der Waals surface area (Å²) in [5.74, 6) is 1.09. The van der Waals surface area contributed by atoms with Gasteiger partial charge in [-0.25, -0.2) is 4.98 Å². The summed E-state index contributed by atoms with van der Waals surface area (Å²) in [6, 6.07) is 0. The number of carbonyl (C=O) groups is 2. The Morgan fingerprint density at radius 1 is 1.53 bits per heavy atom. The fourth-order valence-electron chi connectivity index (χ4n) is 1.35. The van der Waals surface area contributed by atoms with E-state index in [9.17, 15) is 9.59 Å². The third-order valence-corrected chi connectivity index (χ3v) is 4.21. The molecule has 0 saturated carbocycles. The number of hydrogen-bond donors (Lipinski definition) is 0. The van der Waals surface area contributed by atoms with Crippen LogP contribution >= 0.6 is 23.1 Å². The number of carbonyl (C=O) groups excluding carboxylic acids is 2. The van der Waals surface area contributed by atoms with Crippen molar-refractivity contribution in [3.8, 4) is 0 Å². The van der Waals surface area contributed by atoms with E-state index in [0.717, 1.165) is 22.2 Å². The number of methoxy groups -OCH3 is 1. The average Bonchev–Trinajstić information content (AvgIpc) is 2.79. The van der Waals surface area contributed by atoms with Gasteiger partial charge in [0.05, 0.1) is 17.8 Å². The Kier molecular flexibility index (Phi) is 6.86. The van der Waals surface area contributed by atoms with Crippen molar-refractivity contribution in [2.24, 2.45) is 0 Å². The quantitative estimate of drug-likeness (QED) is 0.567. The van der Waals surface area contributed by atoms with Gasteiger partial charge in [0, 0.05) is 30.4 Å². The topological polar surface area (TPSA) is 59.5 Å². The first-order chi connectivity index (χ1) is 9.02. The van der Waals surface area contributed by atoms with Crippen LogP contribution in [0, 0.1) is 6.92 Å². The number of aryl methyl sites for hydroxylation is 1. The predicted octanol–water partition coefficient (Wildman–Crippen LogP) is 1.71. The molecule has 0 radical (unpaired) electrons. The van der Waals surface area contributed by atoms with E-state index in [1.165, 1.54) is 12.0 Å². The highest BCUT2D eigenvalue weighted by Gasteiger charge is 2.12. The van der Waals surface area contributed by atoms with Gasteiger partial charge in [0.1, 0.15) is 6.54 Å². The summed E-state index contributed by atoms with van der Waals surface area (Å²) in [5.41, 5.74) is 1.06. The van der Waals surface area contributed by atoms with E-state index in [1.54, 1.807) is 30.1 Å². The number of ether oxygens (including phenoxy) is 1. The van der Waals surface area contributed by atoms with Crippen molar-refractivity contribution >= 4 is 35.0 Å². The third-order valence-electron chi connectivity index (χ3n) is 2.40. The van der Waals surface area contributed by atoms with Crippen molar-refractivity contribution in [1.82, 2.24) is 9.88 Å². The van der Waals surface area contributed by atoms with E-state index in [-0.39, 0.29) is 12.5 Å². The smallest absolute Gasteiger partial charge is 0.325 e. The normalized spacial score (nSPS) is 10.3. The number of thiazole rings is 1. The molecule has 5 nitrogen and oxygen atoms in total. The van der Waals surface area contributed by atoms with Gasteiger partial charge < -0.3 is 9.64 Å². The molecule has 7 heteroatoms. The van der Waals surface area contributed by atoms with Crippen LogP contribution in [-0.2, 0) is 20.1 Å². The molecule has 0 N–H and O–H groups in total. The van der Waals surface area contributed by atoms with Gasteiger partial charge in [0.2, 0.25) is 5.91 Å². The lowest BCUT2D eigenvalue weighted by Gasteiger charge is -2.15. The van der Waals surface area contributed by atoms with Gasteiger partial charge in [-0.15, -0.1) is 11.3 Å². The number of hydrogen-bond acceptors (Lipinski definition) is 6. The molecule has 0 saturated heterocycles. The van der Waals surface area contributed by atoms with E-state index in [0.29, 0.717) is 6.42 Å². The SMILES string of the molecule is COC(=O)CN(C)C(=O)CCSCc1csc(C)n1. The summed E-state index contributed by atoms with van der Waals surface area (Å²) < 4.78 is 4.51. The van der Waals surface area contributed by atoms with Gasteiger partial charge in [-0.2, -0.15) is 11.8 Å². The summed E-state index contributed by atoms with van der Waals surface area (Å²) >= 11 is 3.30. The molecule has 1 heterocycles. The summed E-state index contributed by atoms with van der Waals surface area (Å²) in [4.78, 5) is 28.5. The maximum Gasteiger partial charge on any atom is 0.325 e. The van der Waals surface area contributed by atoms with Crippen LogP contribution in [-0.4, -0.2) is 48.2 Å². The van der Waals surface area contributed by atoms with Crippen molar-refractivity contribution in [1.29, 1.82) is 0 Å². The lowest BCUT2D eigenvalue weighted by Crippen LogP contribution is -2.32. The fraction of sp³-hybridized carbons (Fsp3) is 0.583. The first-order valence-electron chi connectivity index (χ1n) is 5.82. The lowest BCUT2D eigenvalue weighted by molar-refractivity contribution is -0.145. The molecule has 0 unspecified atom stereocenters. The molecular weight excluding hydrogens is 284 g/mol. The van der Waals surface area contributed by atoms with E-state index in [4.69, 9.17) is 0 Å². The number of nitrogens with zero attached hydrogens (tertiary/aromatic N) is 2. The summed E-state index contributed by atoms with van der Waals surface area (Å²) in [6.07, 6.45) is 0.418. The molecule has 1 rings (SSSR count). The van der Waals surface area contributed by atoms with Gasteiger partial charge >= 0.3 is 5.97 Å². The van der Waals surface area contributed by atoms with Crippen molar-refractivity contribution in [3.63, 3.8) is 0 Å². The molecule has 106 valence electrons. The molecule has 1 amide bonds. The first-order valence-corrected chi connectivity index (χ1v) is 7.86. The zero-order valence-corrected chi connectivity index (χ0v) is 13.0. The monoisotopic (exact) mass is 302 g/mol. The van der Waals surface area contributed by atoms with Crippen LogP contribution in [0.3, 0.4) is 0 Å². The summed E-state index contributed by atoms with van der Waals surface area (Å²) in [7, 11) is 2.92. The van der Waals surface area contributed by atoms with Gasteiger partial charge in [-0.3, -0.25) is 9.59 Å². The van der Waals surface area contributed by atoms with Crippen molar-refractivity contribution in [3.05, 3.63) is 16.1 Å².